The highest BCUT2D eigenvalue weighted by Gasteiger charge is 2.29. The van der Waals surface area contributed by atoms with Crippen LogP contribution in [0.25, 0.3) is 0 Å². The van der Waals surface area contributed by atoms with Crippen LogP contribution in [0.2, 0.25) is 0 Å². The monoisotopic (exact) mass is 344 g/mol. The molecule has 3 rings (SSSR count). The number of anilines is 1. The molecule has 6 heteroatoms. The van der Waals surface area contributed by atoms with Gasteiger partial charge in [0, 0.05) is 30.2 Å². The number of rotatable bonds is 5. The molecule has 2 aromatic rings. The van der Waals surface area contributed by atoms with Gasteiger partial charge in [-0.1, -0.05) is 18.2 Å². The van der Waals surface area contributed by atoms with Crippen molar-refractivity contribution in [3.8, 4) is 0 Å². The Bertz CT molecular complexity index is 715. The zero-order chi connectivity index (χ0) is 16.9. The number of carbonyl (C=O) groups is 2. The first-order valence-corrected chi connectivity index (χ1v) is 8.90. The van der Waals surface area contributed by atoms with E-state index in [9.17, 15) is 14.7 Å². The Labute approximate surface area is 144 Å². The molecule has 24 heavy (non-hydrogen) atoms. The molecule has 1 amide bonds. The molecule has 1 atom stereocenters. The fraction of sp³-hybridized carbons (Fsp3) is 0.333. The minimum atomic E-state index is -0.823. The molecule has 0 radical (unpaired) electrons. The second-order valence-corrected chi connectivity index (χ2v) is 6.94. The van der Waals surface area contributed by atoms with E-state index in [-0.39, 0.29) is 12.5 Å². The summed E-state index contributed by atoms with van der Waals surface area (Å²) in [6, 6.07) is 11.5. The number of para-hydroxylation sites is 1. The molecule has 1 unspecified atom stereocenters. The number of aliphatic carboxylic acids is 1. The van der Waals surface area contributed by atoms with Crippen LogP contribution in [0.4, 0.5) is 5.69 Å². The zero-order valence-electron chi connectivity index (χ0n) is 13.3. The minimum Gasteiger partial charge on any atom is -0.481 e. The van der Waals surface area contributed by atoms with Crippen LogP contribution in [0.1, 0.15) is 28.1 Å². The molecule has 0 aliphatic carbocycles. The van der Waals surface area contributed by atoms with Gasteiger partial charge in [-0.3, -0.25) is 9.59 Å². The molecule has 0 spiro atoms. The second kappa shape index (κ2) is 7.49. The summed E-state index contributed by atoms with van der Waals surface area (Å²) in [7, 11) is 0. The maximum Gasteiger partial charge on any atom is 0.308 e. The van der Waals surface area contributed by atoms with Gasteiger partial charge in [0.15, 0.2) is 0 Å². The van der Waals surface area contributed by atoms with E-state index in [1.165, 1.54) is 4.88 Å². The highest BCUT2D eigenvalue weighted by molar-refractivity contribution is 7.09. The van der Waals surface area contributed by atoms with E-state index in [0.717, 1.165) is 12.1 Å². The highest BCUT2D eigenvalue weighted by atomic mass is 32.1. The SMILES string of the molecule is O=C(O)C1CCCN(C(=O)c2ccccc2NCc2cccs2)C1. The van der Waals surface area contributed by atoms with Gasteiger partial charge in [-0.25, -0.2) is 0 Å². The average Bonchev–Trinajstić information content (AvgIpc) is 3.13. The van der Waals surface area contributed by atoms with Crippen LogP contribution in [0.3, 0.4) is 0 Å². The Kier molecular flexibility index (Phi) is 5.15. The lowest BCUT2D eigenvalue weighted by molar-refractivity contribution is -0.143. The summed E-state index contributed by atoms with van der Waals surface area (Å²) in [5.41, 5.74) is 1.38. The number of hydrogen-bond acceptors (Lipinski definition) is 4. The number of nitrogens with one attached hydrogen (secondary N) is 1. The van der Waals surface area contributed by atoms with E-state index in [4.69, 9.17) is 0 Å². The third-order valence-corrected chi connectivity index (χ3v) is 5.12. The lowest BCUT2D eigenvalue weighted by atomic mass is 9.97. The second-order valence-electron chi connectivity index (χ2n) is 5.91. The van der Waals surface area contributed by atoms with Gasteiger partial charge >= 0.3 is 5.97 Å². The number of thiophene rings is 1. The standard InChI is InChI=1S/C18H20N2O3S/c21-17(20-9-3-5-13(12-20)18(22)23)15-7-1-2-8-16(15)19-11-14-6-4-10-24-14/h1-2,4,6-8,10,13,19H,3,5,9,11-12H2,(H,22,23). The molecule has 1 aliphatic rings. The Balaban J connectivity index is 1.73. The van der Waals surface area contributed by atoms with Gasteiger partial charge in [-0.15, -0.1) is 11.3 Å². The maximum atomic E-state index is 12.8. The Morgan fingerprint density at radius 2 is 2.08 bits per heavy atom. The number of likely N-dealkylation sites (tertiary alicyclic amines) is 1. The summed E-state index contributed by atoms with van der Waals surface area (Å²) in [5, 5.41) is 14.5. The summed E-state index contributed by atoms with van der Waals surface area (Å²) < 4.78 is 0. The van der Waals surface area contributed by atoms with E-state index in [1.54, 1.807) is 22.3 Å². The number of hydrogen-bond donors (Lipinski definition) is 2. The molecule has 2 N–H and O–H groups in total. The van der Waals surface area contributed by atoms with Gasteiger partial charge in [-0.05, 0) is 36.4 Å². The summed E-state index contributed by atoms with van der Waals surface area (Å²) >= 11 is 1.66. The predicted molar refractivity (Wildman–Crippen MR) is 94.4 cm³/mol. The van der Waals surface area contributed by atoms with Crippen LogP contribution >= 0.6 is 11.3 Å². The first-order chi connectivity index (χ1) is 11.6. The Morgan fingerprint density at radius 1 is 1.25 bits per heavy atom. The fourth-order valence-electron chi connectivity index (χ4n) is 2.95. The highest BCUT2D eigenvalue weighted by Crippen LogP contribution is 2.23. The summed E-state index contributed by atoms with van der Waals surface area (Å²) in [6.07, 6.45) is 1.37. The molecule has 1 saturated heterocycles. The molecule has 0 bridgehead atoms. The molecule has 1 aromatic heterocycles. The van der Waals surface area contributed by atoms with Gasteiger partial charge in [0.05, 0.1) is 11.5 Å². The van der Waals surface area contributed by atoms with Crippen LogP contribution in [0.5, 0.6) is 0 Å². The van der Waals surface area contributed by atoms with Gasteiger partial charge in [0.2, 0.25) is 0 Å². The molecular formula is C18H20N2O3S. The predicted octanol–water partition coefficient (Wildman–Crippen LogP) is 3.30. The molecule has 5 nitrogen and oxygen atoms in total. The number of carboxylic acids is 1. The molecule has 0 saturated carbocycles. The van der Waals surface area contributed by atoms with E-state index < -0.39 is 11.9 Å². The molecular weight excluding hydrogens is 324 g/mol. The van der Waals surface area contributed by atoms with Crippen molar-refractivity contribution in [3.05, 3.63) is 52.2 Å². The number of piperidine rings is 1. The quantitative estimate of drug-likeness (QED) is 0.873. The number of amides is 1. The van der Waals surface area contributed by atoms with Crippen molar-refractivity contribution < 1.29 is 14.7 Å². The third kappa shape index (κ3) is 3.76. The van der Waals surface area contributed by atoms with Crippen molar-refractivity contribution in [1.82, 2.24) is 4.90 Å². The third-order valence-electron chi connectivity index (χ3n) is 4.25. The summed E-state index contributed by atoms with van der Waals surface area (Å²) in [6.45, 7) is 1.56. The number of benzene rings is 1. The average molecular weight is 344 g/mol. The molecule has 1 aliphatic heterocycles. The molecule has 126 valence electrons. The van der Waals surface area contributed by atoms with Crippen molar-refractivity contribution in [2.45, 2.75) is 19.4 Å². The van der Waals surface area contributed by atoms with E-state index in [2.05, 4.69) is 5.32 Å². The molecule has 1 aromatic carbocycles. The van der Waals surface area contributed by atoms with Gasteiger partial charge in [0.25, 0.3) is 5.91 Å². The van der Waals surface area contributed by atoms with Crippen LogP contribution in [-0.2, 0) is 11.3 Å². The topological polar surface area (TPSA) is 69.6 Å². The number of carbonyl (C=O) groups excluding carboxylic acids is 1. The Hall–Kier alpha value is -2.34. The van der Waals surface area contributed by atoms with Crippen molar-refractivity contribution >= 4 is 28.9 Å². The molecule has 1 fully saturated rings. The lowest BCUT2D eigenvalue weighted by Crippen LogP contribution is -2.42. The van der Waals surface area contributed by atoms with Crippen molar-refractivity contribution in [3.63, 3.8) is 0 Å². The van der Waals surface area contributed by atoms with E-state index in [1.807, 2.05) is 35.7 Å². The van der Waals surface area contributed by atoms with Crippen LogP contribution < -0.4 is 5.32 Å². The first kappa shape index (κ1) is 16.5. The van der Waals surface area contributed by atoms with Crippen LogP contribution in [-0.4, -0.2) is 35.0 Å². The Morgan fingerprint density at radius 3 is 2.83 bits per heavy atom. The van der Waals surface area contributed by atoms with Crippen molar-refractivity contribution in [1.29, 1.82) is 0 Å². The maximum absolute atomic E-state index is 12.8. The molecule has 2 heterocycles. The van der Waals surface area contributed by atoms with Gasteiger partial charge < -0.3 is 15.3 Å². The smallest absolute Gasteiger partial charge is 0.308 e. The van der Waals surface area contributed by atoms with Crippen molar-refractivity contribution in [2.75, 3.05) is 18.4 Å². The van der Waals surface area contributed by atoms with E-state index in [0.29, 0.717) is 25.1 Å². The normalized spacial score (nSPS) is 17.5. The van der Waals surface area contributed by atoms with Crippen LogP contribution in [0, 0.1) is 5.92 Å². The van der Waals surface area contributed by atoms with Gasteiger partial charge in [-0.2, -0.15) is 0 Å². The lowest BCUT2D eigenvalue weighted by Gasteiger charge is -2.31. The zero-order valence-corrected chi connectivity index (χ0v) is 14.1. The van der Waals surface area contributed by atoms with Crippen molar-refractivity contribution in [2.24, 2.45) is 5.92 Å². The minimum absolute atomic E-state index is 0.102. The summed E-state index contributed by atoms with van der Waals surface area (Å²) in [4.78, 5) is 26.9. The van der Waals surface area contributed by atoms with Gasteiger partial charge in [0.1, 0.15) is 0 Å². The number of nitrogens with zero attached hydrogens (tertiary/aromatic N) is 1. The fourth-order valence-corrected chi connectivity index (χ4v) is 3.60. The van der Waals surface area contributed by atoms with E-state index >= 15 is 0 Å². The summed E-state index contributed by atoms with van der Waals surface area (Å²) in [5.74, 6) is -1.39. The first-order valence-electron chi connectivity index (χ1n) is 8.02. The van der Waals surface area contributed by atoms with Crippen LogP contribution in [0.15, 0.2) is 41.8 Å². The number of carboxylic acid groups (broad SMARTS) is 1. The largest absolute Gasteiger partial charge is 0.481 e.